The Morgan fingerprint density at radius 1 is 0.256 bits per heavy atom. The van der Waals surface area contributed by atoms with Crippen LogP contribution in [0.1, 0.15) is 361 Å². The average molecular weight is 1140 g/mol. The molecule has 0 aromatic heterocycles. The molecule has 0 radical (unpaired) electrons. The van der Waals surface area contributed by atoms with Gasteiger partial charge in [0.2, 0.25) is 0 Å². The minimum Gasteiger partial charge on any atom is -0.462 e. The molecular weight excluding hydrogens is 1010 g/mol. The van der Waals surface area contributed by atoms with E-state index in [0.29, 0.717) is 19.3 Å². The first-order valence-corrected chi connectivity index (χ1v) is 35.6. The van der Waals surface area contributed by atoms with E-state index in [0.717, 1.165) is 103 Å². The van der Waals surface area contributed by atoms with Gasteiger partial charge in [0, 0.05) is 19.3 Å². The smallest absolute Gasteiger partial charge is 0.306 e. The Hall–Kier alpha value is -3.41. The fourth-order valence-electron chi connectivity index (χ4n) is 10.3. The number of ether oxygens (including phenoxy) is 3. The third-order valence-corrected chi connectivity index (χ3v) is 15.6. The molecule has 0 fully saturated rings. The molecule has 0 spiro atoms. The van der Waals surface area contributed by atoms with Crippen molar-refractivity contribution in [2.45, 2.75) is 367 Å². The maximum absolute atomic E-state index is 13.0. The number of hydrogen-bond donors (Lipinski definition) is 0. The third kappa shape index (κ3) is 67.4. The summed E-state index contributed by atoms with van der Waals surface area (Å²) in [6.07, 6.45) is 93.3. The van der Waals surface area contributed by atoms with Crippen LogP contribution in [0.25, 0.3) is 0 Å². The standard InChI is InChI=1S/C76H134O6/c1-4-7-10-13-16-19-22-25-28-30-32-34-36-37-38-40-41-43-45-48-51-54-57-60-63-66-69-75(78)81-72-73(71-80-74(77)68-65-62-59-56-53-50-47-27-24-21-18-15-12-9-6-3)82-76(79)70-67-64-61-58-55-52-49-46-44-42-39-35-33-31-29-26-23-20-17-14-11-8-5-2/h9,12,18,21,23,26-27,31,33,39,42,47,53,56,73H,4-8,10-11,13-17,19-20,22,24-25,28-30,32,34-38,40-41,43-46,48-52,54-55,57-72H2,1-3H3/b12-9-,21-18-,26-23-,33-31-,42-39-,47-27-,56-53-. The monoisotopic (exact) mass is 1140 g/mol. The van der Waals surface area contributed by atoms with Crippen molar-refractivity contribution in [1.82, 2.24) is 0 Å². The normalized spacial score (nSPS) is 12.6. The van der Waals surface area contributed by atoms with Crippen LogP contribution in [-0.2, 0) is 28.6 Å². The first-order valence-electron chi connectivity index (χ1n) is 35.6. The Morgan fingerprint density at radius 3 is 0.768 bits per heavy atom. The molecule has 0 aliphatic heterocycles. The second kappa shape index (κ2) is 70.1. The van der Waals surface area contributed by atoms with E-state index in [1.165, 1.54) is 218 Å². The molecule has 0 rings (SSSR count). The fourth-order valence-corrected chi connectivity index (χ4v) is 10.3. The van der Waals surface area contributed by atoms with E-state index in [9.17, 15) is 14.4 Å². The molecule has 0 heterocycles. The maximum Gasteiger partial charge on any atom is 0.306 e. The molecule has 0 aromatic rings. The molecule has 474 valence electrons. The number of carbonyl (C=O) groups is 3. The molecule has 82 heavy (non-hydrogen) atoms. The van der Waals surface area contributed by atoms with Crippen LogP contribution in [0.15, 0.2) is 85.1 Å². The highest BCUT2D eigenvalue weighted by Crippen LogP contribution is 2.18. The van der Waals surface area contributed by atoms with Gasteiger partial charge in [0.15, 0.2) is 6.10 Å². The maximum atomic E-state index is 13.0. The molecule has 0 N–H and O–H groups in total. The quantitative estimate of drug-likeness (QED) is 0.0261. The van der Waals surface area contributed by atoms with Gasteiger partial charge in [0.1, 0.15) is 13.2 Å². The molecule has 1 unspecified atom stereocenters. The van der Waals surface area contributed by atoms with Crippen LogP contribution in [-0.4, -0.2) is 37.2 Å². The molecule has 6 heteroatoms. The number of hydrogen-bond acceptors (Lipinski definition) is 6. The lowest BCUT2D eigenvalue weighted by atomic mass is 10.0. The summed E-state index contributed by atoms with van der Waals surface area (Å²) in [7, 11) is 0. The number of allylic oxidation sites excluding steroid dienone is 14. The van der Waals surface area contributed by atoms with Gasteiger partial charge in [-0.2, -0.15) is 0 Å². The Labute approximate surface area is 509 Å². The predicted octanol–water partition coefficient (Wildman–Crippen LogP) is 24.6. The first kappa shape index (κ1) is 78.6. The van der Waals surface area contributed by atoms with E-state index in [4.69, 9.17) is 14.2 Å². The Kier molecular flexibility index (Phi) is 67.2. The summed E-state index contributed by atoms with van der Waals surface area (Å²) in [6.45, 7) is 6.53. The lowest BCUT2D eigenvalue weighted by Crippen LogP contribution is -2.30. The van der Waals surface area contributed by atoms with Crippen LogP contribution >= 0.6 is 0 Å². The summed E-state index contributed by atoms with van der Waals surface area (Å²) in [5.41, 5.74) is 0. The van der Waals surface area contributed by atoms with Crippen LogP contribution in [0.5, 0.6) is 0 Å². The average Bonchev–Trinajstić information content (AvgIpc) is 3.47. The second-order valence-electron chi connectivity index (χ2n) is 23.8. The van der Waals surface area contributed by atoms with E-state index in [1.54, 1.807) is 0 Å². The van der Waals surface area contributed by atoms with Crippen LogP contribution in [0, 0.1) is 0 Å². The molecule has 0 aliphatic carbocycles. The number of rotatable bonds is 65. The van der Waals surface area contributed by atoms with Gasteiger partial charge in [0.25, 0.3) is 0 Å². The van der Waals surface area contributed by atoms with Gasteiger partial charge in [-0.15, -0.1) is 0 Å². The van der Waals surface area contributed by atoms with E-state index >= 15 is 0 Å². The van der Waals surface area contributed by atoms with Gasteiger partial charge in [-0.1, -0.05) is 331 Å². The van der Waals surface area contributed by atoms with E-state index in [-0.39, 0.29) is 31.1 Å². The van der Waals surface area contributed by atoms with Crippen molar-refractivity contribution < 1.29 is 28.6 Å². The van der Waals surface area contributed by atoms with E-state index < -0.39 is 6.10 Å². The summed E-state index contributed by atoms with van der Waals surface area (Å²) in [6, 6.07) is 0. The van der Waals surface area contributed by atoms with Gasteiger partial charge < -0.3 is 14.2 Å². The second-order valence-corrected chi connectivity index (χ2v) is 23.8. The van der Waals surface area contributed by atoms with Crippen molar-refractivity contribution in [2.75, 3.05) is 13.2 Å². The zero-order valence-electron chi connectivity index (χ0n) is 54.5. The molecule has 0 aromatic carbocycles. The van der Waals surface area contributed by atoms with Crippen LogP contribution in [0.4, 0.5) is 0 Å². The summed E-state index contributed by atoms with van der Waals surface area (Å²) >= 11 is 0. The van der Waals surface area contributed by atoms with Gasteiger partial charge >= 0.3 is 17.9 Å². The highest BCUT2D eigenvalue weighted by molar-refractivity contribution is 5.71. The first-order chi connectivity index (χ1) is 40.5. The highest BCUT2D eigenvalue weighted by atomic mass is 16.6. The summed E-state index contributed by atoms with van der Waals surface area (Å²) < 4.78 is 16.9. The van der Waals surface area contributed by atoms with Crippen LogP contribution in [0.2, 0.25) is 0 Å². The molecule has 6 nitrogen and oxygen atoms in total. The SMILES string of the molecule is CC/C=C\C/C=C\C/C=C\C/C=C\CCCCC(=O)OCC(COC(=O)CCCCCCCCCCCCCCCCCCCCCCCCCCCC)OC(=O)CCCCCCCCCC/C=C\C/C=C\C/C=C\CCCCCCC. The Morgan fingerprint density at radius 2 is 0.476 bits per heavy atom. The number of esters is 3. The van der Waals surface area contributed by atoms with Gasteiger partial charge in [-0.3, -0.25) is 14.4 Å². The van der Waals surface area contributed by atoms with Crippen molar-refractivity contribution in [3.8, 4) is 0 Å². The minimum absolute atomic E-state index is 0.0901. The number of unbranched alkanes of at least 4 members (excludes halogenated alkanes) is 40. The lowest BCUT2D eigenvalue weighted by Gasteiger charge is -2.18. The molecule has 0 bridgehead atoms. The van der Waals surface area contributed by atoms with Crippen molar-refractivity contribution in [3.63, 3.8) is 0 Å². The van der Waals surface area contributed by atoms with Gasteiger partial charge in [0.05, 0.1) is 0 Å². The van der Waals surface area contributed by atoms with Crippen molar-refractivity contribution >= 4 is 17.9 Å². The fraction of sp³-hybridized carbons (Fsp3) is 0.776. The molecule has 0 aliphatic rings. The molecule has 0 saturated carbocycles. The minimum atomic E-state index is -0.799. The topological polar surface area (TPSA) is 78.9 Å². The van der Waals surface area contributed by atoms with E-state index in [1.807, 2.05) is 0 Å². The molecule has 1 atom stereocenters. The van der Waals surface area contributed by atoms with Crippen molar-refractivity contribution in [1.29, 1.82) is 0 Å². The Balaban J connectivity index is 4.33. The van der Waals surface area contributed by atoms with Crippen molar-refractivity contribution in [2.24, 2.45) is 0 Å². The third-order valence-electron chi connectivity index (χ3n) is 15.6. The van der Waals surface area contributed by atoms with Crippen LogP contribution < -0.4 is 0 Å². The molecule has 0 saturated heterocycles. The van der Waals surface area contributed by atoms with Gasteiger partial charge in [-0.25, -0.2) is 0 Å². The number of carbonyl (C=O) groups excluding carboxylic acids is 3. The highest BCUT2D eigenvalue weighted by Gasteiger charge is 2.19. The molecule has 0 amide bonds. The Bertz CT molecular complexity index is 1550. The van der Waals surface area contributed by atoms with Gasteiger partial charge in [-0.05, 0) is 96.3 Å². The largest absolute Gasteiger partial charge is 0.462 e. The van der Waals surface area contributed by atoms with E-state index in [2.05, 4.69) is 106 Å². The molecular formula is C76H134O6. The van der Waals surface area contributed by atoms with Crippen molar-refractivity contribution in [3.05, 3.63) is 85.1 Å². The summed E-state index contributed by atoms with van der Waals surface area (Å²) in [4.78, 5) is 38.4. The zero-order valence-corrected chi connectivity index (χ0v) is 54.5. The van der Waals surface area contributed by atoms with Crippen LogP contribution in [0.3, 0.4) is 0 Å². The predicted molar refractivity (Wildman–Crippen MR) is 358 cm³/mol. The summed E-state index contributed by atoms with van der Waals surface area (Å²) in [5, 5.41) is 0. The zero-order chi connectivity index (χ0) is 59.2. The lowest BCUT2D eigenvalue weighted by molar-refractivity contribution is -0.167. The summed E-state index contributed by atoms with van der Waals surface area (Å²) in [5.74, 6) is -0.923.